The van der Waals surface area contributed by atoms with Crippen LogP contribution >= 0.6 is 0 Å². The van der Waals surface area contributed by atoms with Gasteiger partial charge in [-0.3, -0.25) is 14.5 Å². The number of rotatable bonds is 6. The molecule has 0 bridgehead atoms. The molecule has 2 aromatic heterocycles. The standard InChI is InChI=1S/C28H31N5O6S/c1-17-8-10-22-21(13-17)28(20-7-6-12-29-25(20)39-5,32-16-19(34)14-23(32)26(35)31(3)4)27(36)33(22)40(37,38)24-11-9-18(2)15-30-24/h6-13,15,19,23,34H,14,16H2,1-5H3/t19-,23+,28?/m1/s1. The maximum absolute atomic E-state index is 15.0. The van der Waals surface area contributed by atoms with Gasteiger partial charge in [-0.15, -0.1) is 0 Å². The third-order valence-corrected chi connectivity index (χ3v) is 9.05. The topological polar surface area (TPSA) is 133 Å². The van der Waals surface area contributed by atoms with Crippen molar-refractivity contribution in [2.45, 2.75) is 43.0 Å². The van der Waals surface area contributed by atoms with Crippen molar-refractivity contribution in [2.75, 3.05) is 32.1 Å². The average Bonchev–Trinajstić information content (AvgIpc) is 3.43. The number of carbonyl (C=O) groups is 2. The summed E-state index contributed by atoms with van der Waals surface area (Å²) in [5.74, 6) is -1.08. The zero-order valence-corrected chi connectivity index (χ0v) is 23.7. The van der Waals surface area contributed by atoms with Gasteiger partial charge in [0.25, 0.3) is 15.9 Å². The number of aromatic nitrogens is 2. The Morgan fingerprint density at radius 1 is 1.10 bits per heavy atom. The first-order chi connectivity index (χ1) is 18.9. The Kier molecular flexibility index (Phi) is 6.89. The molecule has 210 valence electrons. The number of aliphatic hydroxyl groups excluding tert-OH is 1. The summed E-state index contributed by atoms with van der Waals surface area (Å²) >= 11 is 0. The summed E-state index contributed by atoms with van der Waals surface area (Å²) in [6.07, 6.45) is 2.03. The Labute approximate surface area is 233 Å². The molecule has 1 unspecified atom stereocenters. The van der Waals surface area contributed by atoms with Crippen LogP contribution in [0.1, 0.15) is 28.7 Å². The summed E-state index contributed by atoms with van der Waals surface area (Å²) in [7, 11) is 0.0935. The van der Waals surface area contributed by atoms with Gasteiger partial charge in [0, 0.05) is 44.2 Å². The summed E-state index contributed by atoms with van der Waals surface area (Å²) < 4.78 is 34.6. The van der Waals surface area contributed by atoms with Gasteiger partial charge < -0.3 is 14.7 Å². The smallest absolute Gasteiger partial charge is 0.288 e. The van der Waals surface area contributed by atoms with Crippen LogP contribution in [0, 0.1) is 13.8 Å². The molecule has 40 heavy (non-hydrogen) atoms. The number of nitrogens with zero attached hydrogens (tertiary/aromatic N) is 5. The van der Waals surface area contributed by atoms with Crippen molar-refractivity contribution < 1.29 is 27.9 Å². The highest BCUT2D eigenvalue weighted by Gasteiger charge is 2.64. The number of fused-ring (bicyclic) bond motifs is 1. The second kappa shape index (κ2) is 9.95. The minimum atomic E-state index is -4.50. The van der Waals surface area contributed by atoms with Crippen LogP contribution in [0.5, 0.6) is 5.88 Å². The van der Waals surface area contributed by atoms with E-state index in [0.29, 0.717) is 5.56 Å². The van der Waals surface area contributed by atoms with Crippen molar-refractivity contribution in [1.29, 1.82) is 0 Å². The Bertz CT molecular complexity index is 1590. The minimum absolute atomic E-state index is 0.0576. The van der Waals surface area contributed by atoms with E-state index in [1.165, 1.54) is 30.5 Å². The molecule has 2 aliphatic rings. The summed E-state index contributed by atoms with van der Waals surface area (Å²) in [4.78, 5) is 39.9. The molecule has 1 saturated heterocycles. The number of likely N-dealkylation sites (N-methyl/N-ethyl adjacent to an activating group) is 1. The van der Waals surface area contributed by atoms with E-state index in [4.69, 9.17) is 4.74 Å². The Hall–Kier alpha value is -3.87. The lowest BCUT2D eigenvalue weighted by atomic mass is 9.81. The second-order valence-electron chi connectivity index (χ2n) is 10.3. The fourth-order valence-corrected chi connectivity index (χ4v) is 7.05. The predicted octanol–water partition coefficient (Wildman–Crippen LogP) is 1.60. The normalized spacial score (nSPS) is 22.9. The van der Waals surface area contributed by atoms with E-state index in [-0.39, 0.29) is 41.0 Å². The number of anilines is 1. The molecule has 1 N–H and O–H groups in total. The summed E-state index contributed by atoms with van der Waals surface area (Å²) in [6, 6.07) is 10.3. The zero-order chi connectivity index (χ0) is 29.0. The predicted molar refractivity (Wildman–Crippen MR) is 146 cm³/mol. The van der Waals surface area contributed by atoms with Crippen molar-refractivity contribution in [1.82, 2.24) is 19.8 Å². The number of carbonyl (C=O) groups excluding carboxylic acids is 2. The molecule has 0 radical (unpaired) electrons. The van der Waals surface area contributed by atoms with Gasteiger partial charge in [0.15, 0.2) is 10.6 Å². The van der Waals surface area contributed by atoms with Crippen molar-refractivity contribution in [3.8, 4) is 5.88 Å². The lowest BCUT2D eigenvalue weighted by Gasteiger charge is -2.41. The number of amides is 2. The summed E-state index contributed by atoms with van der Waals surface area (Å²) in [5.41, 5.74) is 0.378. The van der Waals surface area contributed by atoms with E-state index < -0.39 is 33.6 Å². The minimum Gasteiger partial charge on any atom is -0.481 e. The average molecular weight is 566 g/mol. The van der Waals surface area contributed by atoms with Crippen LogP contribution in [0.3, 0.4) is 0 Å². The number of sulfonamides is 1. The molecule has 1 aromatic carbocycles. The molecular formula is C28H31N5O6S. The van der Waals surface area contributed by atoms with Crippen LogP contribution in [-0.4, -0.2) is 85.0 Å². The van der Waals surface area contributed by atoms with Gasteiger partial charge in [0.2, 0.25) is 11.8 Å². The first kappa shape index (κ1) is 27.7. The van der Waals surface area contributed by atoms with E-state index in [1.807, 2.05) is 6.92 Å². The highest BCUT2D eigenvalue weighted by molar-refractivity contribution is 7.93. The van der Waals surface area contributed by atoms with Crippen LogP contribution in [0.4, 0.5) is 5.69 Å². The van der Waals surface area contributed by atoms with Gasteiger partial charge in [0.05, 0.1) is 24.9 Å². The summed E-state index contributed by atoms with van der Waals surface area (Å²) in [5, 5.41) is 10.6. The van der Waals surface area contributed by atoms with Crippen LogP contribution in [-0.2, 0) is 25.2 Å². The number of pyridine rings is 2. The Morgan fingerprint density at radius 3 is 2.48 bits per heavy atom. The van der Waals surface area contributed by atoms with E-state index in [2.05, 4.69) is 9.97 Å². The van der Waals surface area contributed by atoms with Crippen molar-refractivity contribution in [3.63, 3.8) is 0 Å². The monoisotopic (exact) mass is 565 g/mol. The first-order valence-electron chi connectivity index (χ1n) is 12.7. The number of methoxy groups -OCH3 is 1. The third-order valence-electron chi connectivity index (χ3n) is 7.43. The van der Waals surface area contributed by atoms with Crippen LogP contribution in [0.2, 0.25) is 0 Å². The number of aliphatic hydroxyl groups is 1. The molecule has 3 aromatic rings. The molecule has 0 aliphatic carbocycles. The van der Waals surface area contributed by atoms with E-state index in [0.717, 1.165) is 15.4 Å². The first-order valence-corrected chi connectivity index (χ1v) is 14.2. The molecule has 2 amide bonds. The van der Waals surface area contributed by atoms with Crippen LogP contribution < -0.4 is 9.04 Å². The van der Waals surface area contributed by atoms with Gasteiger partial charge in [-0.05, 0) is 50.1 Å². The molecule has 4 heterocycles. The molecule has 0 spiro atoms. The van der Waals surface area contributed by atoms with Crippen molar-refractivity contribution in [3.05, 3.63) is 77.1 Å². The lowest BCUT2D eigenvalue weighted by Crippen LogP contribution is -2.59. The van der Waals surface area contributed by atoms with Gasteiger partial charge in [0.1, 0.15) is 0 Å². The van der Waals surface area contributed by atoms with Gasteiger partial charge in [-0.1, -0.05) is 23.8 Å². The number of hydrogen-bond donors (Lipinski definition) is 1. The number of ether oxygens (including phenoxy) is 1. The van der Waals surface area contributed by atoms with Crippen LogP contribution in [0.15, 0.2) is 59.9 Å². The van der Waals surface area contributed by atoms with E-state index in [9.17, 15) is 23.1 Å². The number of aryl methyl sites for hydroxylation is 2. The highest BCUT2D eigenvalue weighted by atomic mass is 32.2. The lowest BCUT2D eigenvalue weighted by molar-refractivity contribution is -0.138. The van der Waals surface area contributed by atoms with Crippen molar-refractivity contribution >= 4 is 27.5 Å². The molecule has 0 saturated carbocycles. The largest absolute Gasteiger partial charge is 0.481 e. The second-order valence-corrected chi connectivity index (χ2v) is 12.1. The molecule has 2 aliphatic heterocycles. The molecule has 5 rings (SSSR count). The summed E-state index contributed by atoms with van der Waals surface area (Å²) in [6.45, 7) is 3.54. The molecule has 12 heteroatoms. The number of likely N-dealkylation sites (tertiary alicyclic amines) is 1. The molecule has 11 nitrogen and oxygen atoms in total. The fraction of sp³-hybridized carbons (Fsp3) is 0.357. The highest BCUT2D eigenvalue weighted by Crippen LogP contribution is 2.54. The Morgan fingerprint density at radius 2 is 1.82 bits per heavy atom. The van der Waals surface area contributed by atoms with E-state index >= 15 is 0 Å². The number of hydrogen-bond acceptors (Lipinski definition) is 9. The maximum atomic E-state index is 15.0. The SMILES string of the molecule is COc1ncccc1C1(N2C[C@H](O)C[C@H]2C(=O)N(C)C)C(=O)N(S(=O)(=O)c2ccc(C)cn2)c2ccc(C)cc21. The maximum Gasteiger partial charge on any atom is 0.288 e. The quantitative estimate of drug-likeness (QED) is 0.473. The number of β-amino-alcohol motifs (C(OH)–C–C–N with tert-alkyl or cyclic N) is 1. The third kappa shape index (κ3) is 4.05. The van der Waals surface area contributed by atoms with Gasteiger partial charge >= 0.3 is 0 Å². The molecule has 3 atom stereocenters. The Balaban J connectivity index is 1.86. The van der Waals surface area contributed by atoms with Gasteiger partial charge in [-0.25, -0.2) is 9.97 Å². The molecular weight excluding hydrogens is 534 g/mol. The van der Waals surface area contributed by atoms with Crippen molar-refractivity contribution in [2.24, 2.45) is 0 Å². The van der Waals surface area contributed by atoms with Gasteiger partial charge in [-0.2, -0.15) is 12.7 Å². The number of benzene rings is 1. The van der Waals surface area contributed by atoms with Crippen LogP contribution in [0.25, 0.3) is 0 Å². The zero-order valence-electron chi connectivity index (χ0n) is 22.9. The van der Waals surface area contributed by atoms with E-state index in [1.54, 1.807) is 62.3 Å². The molecule has 1 fully saturated rings. The fourth-order valence-electron chi connectivity index (χ4n) is 5.67.